The molecule has 0 spiro atoms. The predicted octanol–water partition coefficient (Wildman–Crippen LogP) is 0.975. The molecule has 100 valence electrons. The molecule has 0 atom stereocenters. The summed E-state index contributed by atoms with van der Waals surface area (Å²) in [6, 6.07) is 1.30. The first-order valence-electron chi connectivity index (χ1n) is 6.88. The van der Waals surface area contributed by atoms with Crippen LogP contribution >= 0.6 is 0 Å². The molecule has 0 saturated carbocycles. The van der Waals surface area contributed by atoms with Gasteiger partial charge in [0.1, 0.15) is 0 Å². The van der Waals surface area contributed by atoms with Crippen molar-refractivity contribution in [3.63, 3.8) is 0 Å². The van der Waals surface area contributed by atoms with E-state index in [0.717, 1.165) is 25.9 Å². The molecule has 1 aliphatic heterocycles. The molecule has 0 aromatic carbocycles. The Labute approximate surface area is 105 Å². The van der Waals surface area contributed by atoms with E-state index in [2.05, 4.69) is 29.4 Å². The second kappa shape index (κ2) is 7.67. The normalized spacial score (nSPS) is 18.6. The minimum atomic E-state index is 0.122. The molecule has 1 aliphatic rings. The summed E-state index contributed by atoms with van der Waals surface area (Å²) >= 11 is 0. The molecule has 0 bridgehead atoms. The third-order valence-corrected chi connectivity index (χ3v) is 3.69. The quantitative estimate of drug-likeness (QED) is 0.728. The van der Waals surface area contributed by atoms with Crippen molar-refractivity contribution in [3.05, 3.63) is 0 Å². The van der Waals surface area contributed by atoms with E-state index in [1.54, 1.807) is 7.05 Å². The summed E-state index contributed by atoms with van der Waals surface area (Å²) in [6.07, 6.45) is 4.73. The van der Waals surface area contributed by atoms with E-state index in [0.29, 0.717) is 18.6 Å². The number of carbonyl (C=O) groups excluding carboxylic acids is 1. The van der Waals surface area contributed by atoms with Crippen molar-refractivity contribution in [2.45, 2.75) is 51.6 Å². The van der Waals surface area contributed by atoms with Crippen molar-refractivity contribution in [3.8, 4) is 0 Å². The first-order valence-corrected chi connectivity index (χ1v) is 6.88. The van der Waals surface area contributed by atoms with Gasteiger partial charge in [0.05, 0.1) is 6.54 Å². The third kappa shape index (κ3) is 5.04. The Hall–Kier alpha value is -0.610. The second-order valence-electron chi connectivity index (χ2n) is 4.90. The number of rotatable bonds is 6. The Morgan fingerprint density at radius 3 is 2.35 bits per heavy atom. The highest BCUT2D eigenvalue weighted by atomic mass is 16.1. The number of hydrogen-bond acceptors (Lipinski definition) is 3. The zero-order chi connectivity index (χ0) is 12.7. The molecule has 0 aromatic rings. The van der Waals surface area contributed by atoms with Gasteiger partial charge in [0.2, 0.25) is 5.91 Å². The van der Waals surface area contributed by atoms with Crippen LogP contribution in [0, 0.1) is 0 Å². The number of carbonyl (C=O) groups is 1. The number of nitrogens with zero attached hydrogens (tertiary/aromatic N) is 1. The van der Waals surface area contributed by atoms with E-state index in [1.165, 1.54) is 12.8 Å². The summed E-state index contributed by atoms with van der Waals surface area (Å²) in [5.41, 5.74) is 0. The lowest BCUT2D eigenvalue weighted by Gasteiger charge is -2.33. The van der Waals surface area contributed by atoms with Crippen LogP contribution < -0.4 is 10.6 Å². The van der Waals surface area contributed by atoms with Crippen LogP contribution in [0.4, 0.5) is 0 Å². The SMILES string of the molecule is CCC(CC)NC1CCN(CC(=O)NC)CC1. The van der Waals surface area contributed by atoms with Crippen LogP contribution in [-0.2, 0) is 4.79 Å². The monoisotopic (exact) mass is 241 g/mol. The number of nitrogens with one attached hydrogen (secondary N) is 2. The smallest absolute Gasteiger partial charge is 0.233 e. The molecular formula is C13H27N3O. The van der Waals surface area contributed by atoms with Gasteiger partial charge in [-0.2, -0.15) is 0 Å². The van der Waals surface area contributed by atoms with Crippen LogP contribution in [0.2, 0.25) is 0 Å². The van der Waals surface area contributed by atoms with E-state index >= 15 is 0 Å². The number of amides is 1. The van der Waals surface area contributed by atoms with Crippen molar-refractivity contribution in [1.82, 2.24) is 15.5 Å². The summed E-state index contributed by atoms with van der Waals surface area (Å²) in [7, 11) is 1.70. The first kappa shape index (κ1) is 14.5. The largest absolute Gasteiger partial charge is 0.358 e. The molecule has 17 heavy (non-hydrogen) atoms. The molecule has 0 aromatic heterocycles. The topological polar surface area (TPSA) is 44.4 Å². The van der Waals surface area contributed by atoms with Gasteiger partial charge in [0.15, 0.2) is 0 Å². The Morgan fingerprint density at radius 1 is 1.29 bits per heavy atom. The Morgan fingerprint density at radius 2 is 1.88 bits per heavy atom. The van der Waals surface area contributed by atoms with E-state index in [9.17, 15) is 4.79 Å². The molecule has 1 fully saturated rings. The molecule has 1 saturated heterocycles. The Bertz CT molecular complexity index is 221. The fourth-order valence-electron chi connectivity index (χ4n) is 2.40. The van der Waals surface area contributed by atoms with Crippen LogP contribution in [0.25, 0.3) is 0 Å². The Kier molecular flexibility index (Phi) is 6.52. The fourth-order valence-corrected chi connectivity index (χ4v) is 2.40. The second-order valence-corrected chi connectivity index (χ2v) is 4.90. The van der Waals surface area contributed by atoms with Gasteiger partial charge >= 0.3 is 0 Å². The lowest BCUT2D eigenvalue weighted by molar-refractivity contribution is -0.122. The van der Waals surface area contributed by atoms with E-state index in [4.69, 9.17) is 0 Å². The van der Waals surface area contributed by atoms with Crippen molar-refractivity contribution in [1.29, 1.82) is 0 Å². The van der Waals surface area contributed by atoms with Crippen molar-refractivity contribution < 1.29 is 4.79 Å². The summed E-state index contributed by atoms with van der Waals surface area (Å²) in [5.74, 6) is 0.122. The molecule has 0 radical (unpaired) electrons. The van der Waals surface area contributed by atoms with Gasteiger partial charge < -0.3 is 10.6 Å². The average molecular weight is 241 g/mol. The minimum absolute atomic E-state index is 0.122. The molecule has 1 heterocycles. The number of likely N-dealkylation sites (N-methyl/N-ethyl adjacent to an activating group) is 1. The minimum Gasteiger partial charge on any atom is -0.358 e. The molecule has 4 nitrogen and oxygen atoms in total. The Balaban J connectivity index is 2.23. The molecule has 0 aliphatic carbocycles. The standard InChI is InChI=1S/C13H27N3O/c1-4-11(5-2)15-12-6-8-16(9-7-12)10-13(17)14-3/h11-12,15H,4-10H2,1-3H3,(H,14,17). The van der Waals surface area contributed by atoms with Gasteiger partial charge in [-0.15, -0.1) is 0 Å². The van der Waals surface area contributed by atoms with E-state index < -0.39 is 0 Å². The number of likely N-dealkylation sites (tertiary alicyclic amines) is 1. The maximum absolute atomic E-state index is 11.3. The maximum atomic E-state index is 11.3. The van der Waals surface area contributed by atoms with Crippen LogP contribution in [0.15, 0.2) is 0 Å². The summed E-state index contributed by atoms with van der Waals surface area (Å²) in [5, 5.41) is 6.39. The lowest BCUT2D eigenvalue weighted by atomic mass is 10.0. The van der Waals surface area contributed by atoms with Crippen LogP contribution in [0.3, 0.4) is 0 Å². The van der Waals surface area contributed by atoms with Gasteiger partial charge in [-0.05, 0) is 25.7 Å². The van der Waals surface area contributed by atoms with E-state index in [1.807, 2.05) is 0 Å². The molecular weight excluding hydrogens is 214 g/mol. The van der Waals surface area contributed by atoms with Gasteiger partial charge in [-0.1, -0.05) is 13.8 Å². The van der Waals surface area contributed by atoms with E-state index in [-0.39, 0.29) is 5.91 Å². The van der Waals surface area contributed by atoms with Crippen molar-refractivity contribution in [2.75, 3.05) is 26.7 Å². The fraction of sp³-hybridized carbons (Fsp3) is 0.923. The highest BCUT2D eigenvalue weighted by Gasteiger charge is 2.21. The van der Waals surface area contributed by atoms with Gasteiger partial charge in [-0.25, -0.2) is 0 Å². The summed E-state index contributed by atoms with van der Waals surface area (Å²) in [6.45, 7) is 7.09. The van der Waals surface area contributed by atoms with Gasteiger partial charge in [0, 0.05) is 32.2 Å². The average Bonchev–Trinajstić information content (AvgIpc) is 2.37. The number of piperidine rings is 1. The number of hydrogen-bond donors (Lipinski definition) is 2. The third-order valence-electron chi connectivity index (χ3n) is 3.69. The highest BCUT2D eigenvalue weighted by Crippen LogP contribution is 2.12. The van der Waals surface area contributed by atoms with Crippen molar-refractivity contribution >= 4 is 5.91 Å². The lowest BCUT2D eigenvalue weighted by Crippen LogP contribution is -2.47. The molecule has 0 unspecified atom stereocenters. The van der Waals surface area contributed by atoms with Gasteiger partial charge in [-0.3, -0.25) is 9.69 Å². The highest BCUT2D eigenvalue weighted by molar-refractivity contribution is 5.77. The van der Waals surface area contributed by atoms with Crippen LogP contribution in [0.1, 0.15) is 39.5 Å². The van der Waals surface area contributed by atoms with Crippen LogP contribution in [-0.4, -0.2) is 49.6 Å². The zero-order valence-electron chi connectivity index (χ0n) is 11.5. The zero-order valence-corrected chi connectivity index (χ0v) is 11.5. The maximum Gasteiger partial charge on any atom is 0.233 e. The summed E-state index contributed by atoms with van der Waals surface area (Å²) < 4.78 is 0. The predicted molar refractivity (Wildman–Crippen MR) is 71.0 cm³/mol. The van der Waals surface area contributed by atoms with Crippen LogP contribution in [0.5, 0.6) is 0 Å². The molecule has 4 heteroatoms. The summed E-state index contributed by atoms with van der Waals surface area (Å²) in [4.78, 5) is 13.5. The molecule has 1 rings (SSSR count). The molecule has 1 amide bonds. The molecule has 2 N–H and O–H groups in total. The van der Waals surface area contributed by atoms with Gasteiger partial charge in [0.25, 0.3) is 0 Å². The first-order chi connectivity index (χ1) is 8.19. The van der Waals surface area contributed by atoms with Crippen molar-refractivity contribution in [2.24, 2.45) is 0 Å².